The van der Waals surface area contributed by atoms with Gasteiger partial charge < -0.3 is 16.4 Å². The Labute approximate surface area is 112 Å². The summed E-state index contributed by atoms with van der Waals surface area (Å²) in [6.07, 6.45) is 1.05. The summed E-state index contributed by atoms with van der Waals surface area (Å²) in [5, 5.41) is 6.26. The lowest BCUT2D eigenvalue weighted by Gasteiger charge is -2.30. The van der Waals surface area contributed by atoms with Gasteiger partial charge in [-0.25, -0.2) is 0 Å². The maximum atomic E-state index is 12.1. The Morgan fingerprint density at radius 2 is 2.11 bits per heavy atom. The molecule has 2 rings (SSSR count). The van der Waals surface area contributed by atoms with Gasteiger partial charge in [-0.15, -0.1) is 0 Å². The van der Waals surface area contributed by atoms with Crippen molar-refractivity contribution in [1.29, 1.82) is 0 Å². The Morgan fingerprint density at radius 3 is 2.79 bits per heavy atom. The van der Waals surface area contributed by atoms with E-state index >= 15 is 0 Å². The molecule has 0 radical (unpaired) electrons. The molecule has 102 valence electrons. The first kappa shape index (κ1) is 13.5. The van der Waals surface area contributed by atoms with E-state index in [-0.39, 0.29) is 11.9 Å². The highest BCUT2D eigenvalue weighted by Gasteiger charge is 2.23. The van der Waals surface area contributed by atoms with Gasteiger partial charge >= 0.3 is 0 Å². The minimum Gasteiger partial charge on any atom is -0.366 e. The molecule has 2 amide bonds. The van der Waals surface area contributed by atoms with Crippen LogP contribution in [0.3, 0.4) is 0 Å². The van der Waals surface area contributed by atoms with Crippen molar-refractivity contribution < 1.29 is 9.59 Å². The number of hydrogen-bond donors (Lipinski definition) is 3. The van der Waals surface area contributed by atoms with Crippen molar-refractivity contribution in [1.82, 2.24) is 10.6 Å². The molecule has 1 saturated heterocycles. The van der Waals surface area contributed by atoms with Gasteiger partial charge in [0.1, 0.15) is 0 Å². The first-order valence-corrected chi connectivity index (χ1v) is 6.49. The fourth-order valence-corrected chi connectivity index (χ4v) is 2.25. The molecule has 2 atom stereocenters. The van der Waals surface area contributed by atoms with Crippen LogP contribution in [0.15, 0.2) is 24.3 Å². The molecule has 1 heterocycles. The molecule has 1 aliphatic rings. The molecular weight excluding hydrogens is 242 g/mol. The predicted molar refractivity (Wildman–Crippen MR) is 72.9 cm³/mol. The molecule has 0 spiro atoms. The van der Waals surface area contributed by atoms with Crippen molar-refractivity contribution in [2.24, 2.45) is 11.7 Å². The van der Waals surface area contributed by atoms with Crippen molar-refractivity contribution in [2.45, 2.75) is 19.4 Å². The second-order valence-corrected chi connectivity index (χ2v) is 5.00. The van der Waals surface area contributed by atoms with Gasteiger partial charge in [0.05, 0.1) is 0 Å². The van der Waals surface area contributed by atoms with Gasteiger partial charge in [0.2, 0.25) is 5.91 Å². The Balaban J connectivity index is 2.07. The number of benzene rings is 1. The Bertz CT molecular complexity index is 487. The zero-order valence-electron chi connectivity index (χ0n) is 11.0. The Morgan fingerprint density at radius 1 is 1.37 bits per heavy atom. The standard InChI is InChI=1S/C14H19N3O2/c1-9-5-6-16-8-12(9)17-14(19)11-4-2-3-10(7-11)13(15)18/h2-4,7,9,12,16H,5-6,8H2,1H3,(H2,15,18)(H,17,19). The summed E-state index contributed by atoms with van der Waals surface area (Å²) in [4.78, 5) is 23.2. The van der Waals surface area contributed by atoms with Gasteiger partial charge in [-0.1, -0.05) is 13.0 Å². The molecule has 0 bridgehead atoms. The monoisotopic (exact) mass is 261 g/mol. The second kappa shape index (κ2) is 5.84. The van der Waals surface area contributed by atoms with Gasteiger partial charge in [-0.3, -0.25) is 9.59 Å². The van der Waals surface area contributed by atoms with Crippen LogP contribution in [0.25, 0.3) is 0 Å². The lowest BCUT2D eigenvalue weighted by atomic mass is 9.94. The molecule has 2 unspecified atom stereocenters. The summed E-state index contributed by atoms with van der Waals surface area (Å²) in [6, 6.07) is 6.60. The van der Waals surface area contributed by atoms with Crippen LogP contribution >= 0.6 is 0 Å². The van der Waals surface area contributed by atoms with Crippen molar-refractivity contribution in [3.63, 3.8) is 0 Å². The molecule has 1 aromatic rings. The average molecular weight is 261 g/mol. The number of carbonyl (C=O) groups is 2. The molecule has 0 saturated carbocycles. The quantitative estimate of drug-likeness (QED) is 0.741. The number of primary amides is 1. The molecule has 0 aliphatic carbocycles. The van der Waals surface area contributed by atoms with Crippen LogP contribution in [0.1, 0.15) is 34.1 Å². The van der Waals surface area contributed by atoms with Crippen molar-refractivity contribution >= 4 is 11.8 Å². The van der Waals surface area contributed by atoms with Crippen LogP contribution < -0.4 is 16.4 Å². The molecule has 5 heteroatoms. The molecular formula is C14H19N3O2. The van der Waals surface area contributed by atoms with E-state index in [0.29, 0.717) is 17.0 Å². The Kier molecular flexibility index (Phi) is 4.16. The fraction of sp³-hybridized carbons (Fsp3) is 0.429. The van der Waals surface area contributed by atoms with Crippen molar-refractivity contribution in [3.05, 3.63) is 35.4 Å². The van der Waals surface area contributed by atoms with Crippen LogP contribution in [0.2, 0.25) is 0 Å². The zero-order valence-corrected chi connectivity index (χ0v) is 11.0. The number of nitrogens with two attached hydrogens (primary N) is 1. The van der Waals surface area contributed by atoms with E-state index in [1.54, 1.807) is 18.2 Å². The fourth-order valence-electron chi connectivity index (χ4n) is 2.25. The molecule has 5 nitrogen and oxygen atoms in total. The van der Waals surface area contributed by atoms with E-state index in [1.165, 1.54) is 6.07 Å². The number of amides is 2. The minimum absolute atomic E-state index is 0.124. The summed E-state index contributed by atoms with van der Waals surface area (Å²) in [5.74, 6) is -0.240. The molecule has 1 fully saturated rings. The van der Waals surface area contributed by atoms with E-state index in [2.05, 4.69) is 17.6 Å². The van der Waals surface area contributed by atoms with Gasteiger partial charge in [0.15, 0.2) is 0 Å². The van der Waals surface area contributed by atoms with E-state index in [1.807, 2.05) is 0 Å². The zero-order chi connectivity index (χ0) is 13.8. The molecule has 1 aromatic carbocycles. The molecule has 0 aromatic heterocycles. The highest BCUT2D eigenvalue weighted by molar-refractivity contribution is 5.99. The number of hydrogen-bond acceptors (Lipinski definition) is 3. The van der Waals surface area contributed by atoms with E-state index in [9.17, 15) is 9.59 Å². The maximum absolute atomic E-state index is 12.1. The van der Waals surface area contributed by atoms with Gasteiger partial charge in [-0.05, 0) is 37.1 Å². The van der Waals surface area contributed by atoms with Crippen LogP contribution in [-0.2, 0) is 0 Å². The highest BCUT2D eigenvalue weighted by Crippen LogP contribution is 2.12. The number of rotatable bonds is 3. The molecule has 4 N–H and O–H groups in total. The van der Waals surface area contributed by atoms with Crippen LogP contribution in [0.5, 0.6) is 0 Å². The number of nitrogens with one attached hydrogen (secondary N) is 2. The van der Waals surface area contributed by atoms with Gasteiger partial charge in [-0.2, -0.15) is 0 Å². The van der Waals surface area contributed by atoms with Crippen LogP contribution in [-0.4, -0.2) is 30.9 Å². The van der Waals surface area contributed by atoms with Crippen molar-refractivity contribution in [2.75, 3.05) is 13.1 Å². The summed E-state index contributed by atoms with van der Waals surface area (Å²) in [5.41, 5.74) is 6.02. The predicted octanol–water partition coefficient (Wildman–Crippen LogP) is 0.513. The SMILES string of the molecule is CC1CCNCC1NC(=O)c1cccc(C(N)=O)c1. The number of carbonyl (C=O) groups excluding carboxylic acids is 2. The summed E-state index contributed by atoms with van der Waals surface area (Å²) in [6.45, 7) is 3.90. The van der Waals surface area contributed by atoms with Crippen LogP contribution in [0.4, 0.5) is 0 Å². The average Bonchev–Trinajstić information content (AvgIpc) is 2.41. The van der Waals surface area contributed by atoms with E-state index in [0.717, 1.165) is 19.5 Å². The first-order chi connectivity index (χ1) is 9.08. The third-order valence-electron chi connectivity index (χ3n) is 3.55. The normalized spacial score (nSPS) is 22.8. The Hall–Kier alpha value is -1.88. The van der Waals surface area contributed by atoms with E-state index < -0.39 is 5.91 Å². The van der Waals surface area contributed by atoms with Gasteiger partial charge in [0.25, 0.3) is 5.91 Å². The van der Waals surface area contributed by atoms with Crippen molar-refractivity contribution in [3.8, 4) is 0 Å². The van der Waals surface area contributed by atoms with Gasteiger partial charge in [0, 0.05) is 23.7 Å². The smallest absolute Gasteiger partial charge is 0.251 e. The topological polar surface area (TPSA) is 84.2 Å². The maximum Gasteiger partial charge on any atom is 0.251 e. The molecule has 19 heavy (non-hydrogen) atoms. The summed E-state index contributed by atoms with van der Waals surface area (Å²) in [7, 11) is 0. The van der Waals surface area contributed by atoms with Crippen LogP contribution in [0, 0.1) is 5.92 Å². The van der Waals surface area contributed by atoms with E-state index in [4.69, 9.17) is 5.73 Å². The third-order valence-corrected chi connectivity index (χ3v) is 3.55. The minimum atomic E-state index is -0.526. The summed E-state index contributed by atoms with van der Waals surface area (Å²) < 4.78 is 0. The lowest BCUT2D eigenvalue weighted by molar-refractivity contribution is 0.0915. The number of piperidine rings is 1. The second-order valence-electron chi connectivity index (χ2n) is 5.00. The largest absolute Gasteiger partial charge is 0.366 e. The first-order valence-electron chi connectivity index (χ1n) is 6.49. The lowest BCUT2D eigenvalue weighted by Crippen LogP contribution is -2.50. The summed E-state index contributed by atoms with van der Waals surface area (Å²) >= 11 is 0. The molecule has 1 aliphatic heterocycles. The third kappa shape index (κ3) is 3.32. The highest BCUT2D eigenvalue weighted by atomic mass is 16.2.